The lowest BCUT2D eigenvalue weighted by Gasteiger charge is -2.11. The molecule has 1 heterocycles. The van der Waals surface area contributed by atoms with Crippen molar-refractivity contribution >= 4 is 38.1 Å². The first kappa shape index (κ1) is 22.4. The zero-order valence-corrected chi connectivity index (χ0v) is 19.4. The molecule has 0 fully saturated rings. The molecule has 0 atom stereocenters. The van der Waals surface area contributed by atoms with Gasteiger partial charge in [0.05, 0.1) is 17.7 Å². The Balaban J connectivity index is 1.46. The lowest BCUT2D eigenvalue weighted by molar-refractivity contribution is 0.102. The van der Waals surface area contributed by atoms with Crippen molar-refractivity contribution in [1.29, 1.82) is 0 Å². The minimum Gasteiger partial charge on any atom is -0.497 e. The maximum Gasteiger partial charge on any atom is 0.261 e. The van der Waals surface area contributed by atoms with Gasteiger partial charge in [0.1, 0.15) is 10.8 Å². The second-order valence-electron chi connectivity index (χ2n) is 7.04. The number of aromatic nitrogens is 2. The number of hydrogen-bond acceptors (Lipinski definition) is 7. The molecule has 4 rings (SSSR count). The monoisotopic (exact) mass is 480 g/mol. The zero-order valence-electron chi connectivity index (χ0n) is 17.8. The van der Waals surface area contributed by atoms with Gasteiger partial charge in [-0.3, -0.25) is 14.8 Å². The molecule has 0 aliphatic rings. The van der Waals surface area contributed by atoms with Crippen molar-refractivity contribution < 1.29 is 17.9 Å². The number of amides is 1. The number of hydrogen-bond donors (Lipinski definition) is 2. The highest BCUT2D eigenvalue weighted by atomic mass is 32.2. The van der Waals surface area contributed by atoms with Crippen LogP contribution in [0.5, 0.6) is 5.75 Å². The molecule has 10 heteroatoms. The Labute approximate surface area is 195 Å². The molecule has 168 valence electrons. The second kappa shape index (κ2) is 9.39. The van der Waals surface area contributed by atoms with Gasteiger partial charge in [0, 0.05) is 11.1 Å². The average molecular weight is 481 g/mol. The number of carbonyl (C=O) groups is 1. The maximum atomic E-state index is 12.7. The number of benzene rings is 3. The fourth-order valence-electron chi connectivity index (χ4n) is 3.02. The van der Waals surface area contributed by atoms with Gasteiger partial charge >= 0.3 is 0 Å². The summed E-state index contributed by atoms with van der Waals surface area (Å²) in [6.07, 6.45) is 0. The Morgan fingerprint density at radius 2 is 1.70 bits per heavy atom. The van der Waals surface area contributed by atoms with Crippen molar-refractivity contribution in [3.8, 4) is 16.3 Å². The van der Waals surface area contributed by atoms with Crippen LogP contribution in [0, 0.1) is 6.92 Å². The van der Waals surface area contributed by atoms with E-state index < -0.39 is 10.0 Å². The first-order valence-electron chi connectivity index (χ1n) is 9.83. The molecule has 0 unspecified atom stereocenters. The van der Waals surface area contributed by atoms with E-state index in [1.54, 1.807) is 50.4 Å². The summed E-state index contributed by atoms with van der Waals surface area (Å²) < 4.78 is 32.8. The van der Waals surface area contributed by atoms with Gasteiger partial charge in [-0.1, -0.05) is 29.5 Å². The van der Waals surface area contributed by atoms with Crippen LogP contribution in [0.4, 0.5) is 10.8 Å². The van der Waals surface area contributed by atoms with Gasteiger partial charge in [0.25, 0.3) is 15.9 Å². The Morgan fingerprint density at radius 3 is 2.36 bits per heavy atom. The summed E-state index contributed by atoms with van der Waals surface area (Å²) in [5.41, 5.74) is 2.24. The third-order valence-corrected chi connectivity index (χ3v) is 7.04. The summed E-state index contributed by atoms with van der Waals surface area (Å²) in [4.78, 5) is 12.8. The number of ether oxygens (including phenoxy) is 1. The number of carbonyl (C=O) groups excluding carboxylic acids is 1. The van der Waals surface area contributed by atoms with Crippen LogP contribution in [-0.4, -0.2) is 31.6 Å². The van der Waals surface area contributed by atoms with Crippen molar-refractivity contribution in [3.63, 3.8) is 0 Å². The van der Waals surface area contributed by atoms with Gasteiger partial charge in [-0.25, -0.2) is 8.42 Å². The number of nitrogens with zero attached hydrogens (tertiary/aromatic N) is 2. The molecule has 1 aromatic heterocycles. The van der Waals surface area contributed by atoms with Crippen molar-refractivity contribution in [2.75, 3.05) is 17.1 Å². The molecule has 0 saturated heterocycles. The second-order valence-corrected chi connectivity index (χ2v) is 9.70. The van der Waals surface area contributed by atoms with Crippen LogP contribution < -0.4 is 14.8 Å². The van der Waals surface area contributed by atoms with Gasteiger partial charge in [0.15, 0.2) is 0 Å². The topological polar surface area (TPSA) is 110 Å². The highest BCUT2D eigenvalue weighted by Crippen LogP contribution is 2.28. The van der Waals surface area contributed by atoms with E-state index in [9.17, 15) is 13.2 Å². The van der Waals surface area contributed by atoms with E-state index in [-0.39, 0.29) is 10.8 Å². The SMILES string of the molecule is COc1ccc(-c2nnc(NC(=O)c3ccc(NS(=O)(=O)c4ccccc4)c(C)c3)s2)cc1. The van der Waals surface area contributed by atoms with Gasteiger partial charge in [-0.15, -0.1) is 10.2 Å². The maximum absolute atomic E-state index is 12.7. The Kier molecular flexibility index (Phi) is 6.38. The average Bonchev–Trinajstić information content (AvgIpc) is 3.29. The van der Waals surface area contributed by atoms with E-state index in [1.807, 2.05) is 24.3 Å². The molecule has 1 amide bonds. The van der Waals surface area contributed by atoms with Crippen LogP contribution >= 0.6 is 11.3 Å². The fourth-order valence-corrected chi connectivity index (χ4v) is 4.91. The molecule has 2 N–H and O–H groups in total. The van der Waals surface area contributed by atoms with E-state index >= 15 is 0 Å². The molecular formula is C23H20N4O4S2. The van der Waals surface area contributed by atoms with Gasteiger partial charge in [-0.2, -0.15) is 0 Å². The Morgan fingerprint density at radius 1 is 0.970 bits per heavy atom. The summed E-state index contributed by atoms with van der Waals surface area (Å²) in [5, 5.41) is 11.9. The molecule has 0 bridgehead atoms. The molecule has 0 saturated carbocycles. The Hall–Kier alpha value is -3.76. The standard InChI is InChI=1S/C23H20N4O4S2/c1-15-14-17(10-13-20(15)27-33(29,30)19-6-4-3-5-7-19)21(28)24-23-26-25-22(32-23)16-8-11-18(31-2)12-9-16/h3-14,27H,1-2H3,(H,24,26,28). The summed E-state index contributed by atoms with van der Waals surface area (Å²) in [7, 11) is -2.12. The minimum atomic E-state index is -3.72. The van der Waals surface area contributed by atoms with Gasteiger partial charge in [0.2, 0.25) is 5.13 Å². The molecule has 0 spiro atoms. The quantitative estimate of drug-likeness (QED) is 0.401. The normalized spacial score (nSPS) is 11.1. The van der Waals surface area contributed by atoms with Crippen molar-refractivity contribution in [2.24, 2.45) is 0 Å². The largest absolute Gasteiger partial charge is 0.497 e. The summed E-state index contributed by atoms with van der Waals surface area (Å²) in [6, 6.07) is 20.2. The fraction of sp³-hybridized carbons (Fsp3) is 0.0870. The van der Waals surface area contributed by atoms with E-state index in [0.29, 0.717) is 27.0 Å². The number of methoxy groups -OCH3 is 1. The first-order valence-corrected chi connectivity index (χ1v) is 12.1. The molecule has 3 aromatic carbocycles. The lowest BCUT2D eigenvalue weighted by atomic mass is 10.1. The highest BCUT2D eigenvalue weighted by Gasteiger charge is 2.17. The molecule has 33 heavy (non-hydrogen) atoms. The molecule has 0 radical (unpaired) electrons. The smallest absolute Gasteiger partial charge is 0.261 e. The van der Waals surface area contributed by atoms with Crippen LogP contribution in [0.25, 0.3) is 10.6 Å². The number of rotatable bonds is 7. The molecule has 0 aliphatic heterocycles. The van der Waals surface area contributed by atoms with E-state index in [4.69, 9.17) is 4.74 Å². The van der Waals surface area contributed by atoms with E-state index in [2.05, 4.69) is 20.2 Å². The van der Waals surface area contributed by atoms with Crippen LogP contribution in [0.3, 0.4) is 0 Å². The highest BCUT2D eigenvalue weighted by molar-refractivity contribution is 7.92. The number of nitrogens with one attached hydrogen (secondary N) is 2. The van der Waals surface area contributed by atoms with E-state index in [1.165, 1.54) is 23.5 Å². The molecule has 4 aromatic rings. The summed E-state index contributed by atoms with van der Waals surface area (Å²) >= 11 is 1.25. The number of anilines is 2. The third kappa shape index (κ3) is 5.18. The Bertz CT molecular complexity index is 1390. The van der Waals surface area contributed by atoms with Crippen molar-refractivity contribution in [1.82, 2.24) is 10.2 Å². The van der Waals surface area contributed by atoms with Crippen molar-refractivity contribution in [2.45, 2.75) is 11.8 Å². The number of sulfonamides is 1. The molecule has 8 nitrogen and oxygen atoms in total. The van der Waals surface area contributed by atoms with Crippen molar-refractivity contribution in [3.05, 3.63) is 83.9 Å². The summed E-state index contributed by atoms with van der Waals surface area (Å²) in [5.74, 6) is 0.370. The van der Waals surface area contributed by atoms with E-state index in [0.717, 1.165) is 11.3 Å². The third-order valence-electron chi connectivity index (χ3n) is 4.77. The zero-order chi connectivity index (χ0) is 23.4. The van der Waals surface area contributed by atoms with Gasteiger partial charge in [-0.05, 0) is 67.1 Å². The van der Waals surface area contributed by atoms with Gasteiger partial charge < -0.3 is 4.74 Å². The minimum absolute atomic E-state index is 0.162. The lowest BCUT2D eigenvalue weighted by Crippen LogP contribution is -2.15. The van der Waals surface area contributed by atoms with Crippen LogP contribution in [0.2, 0.25) is 0 Å². The predicted octanol–water partition coefficient (Wildman–Crippen LogP) is 4.58. The van der Waals surface area contributed by atoms with Crippen LogP contribution in [0.15, 0.2) is 77.7 Å². The number of aryl methyl sites for hydroxylation is 1. The predicted molar refractivity (Wildman–Crippen MR) is 128 cm³/mol. The van der Waals surface area contributed by atoms with Crippen LogP contribution in [0.1, 0.15) is 15.9 Å². The summed E-state index contributed by atoms with van der Waals surface area (Å²) in [6.45, 7) is 1.73. The first-order chi connectivity index (χ1) is 15.9. The molecule has 0 aliphatic carbocycles. The van der Waals surface area contributed by atoms with Crippen LogP contribution in [-0.2, 0) is 10.0 Å². The molecular weight excluding hydrogens is 460 g/mol.